The Morgan fingerprint density at radius 2 is 2.06 bits per heavy atom. The van der Waals surface area contributed by atoms with Crippen LogP contribution in [0.1, 0.15) is 35.3 Å². The summed E-state index contributed by atoms with van der Waals surface area (Å²) < 4.78 is 0. The van der Waals surface area contributed by atoms with Crippen LogP contribution in [0, 0.1) is 0 Å². The molecule has 3 heteroatoms. The molecule has 1 amide bonds. The van der Waals surface area contributed by atoms with Gasteiger partial charge >= 0.3 is 0 Å². The molecule has 2 heterocycles. The number of nitrogens with zero attached hydrogens (tertiary/aromatic N) is 2. The molecular formula is C14H18N2O. The number of carbonyl (C=O) groups excluding carboxylic acids is 1. The molecule has 17 heavy (non-hydrogen) atoms. The van der Waals surface area contributed by atoms with Gasteiger partial charge in [0.05, 0.1) is 0 Å². The lowest BCUT2D eigenvalue weighted by Crippen LogP contribution is -2.42. The Kier molecular flexibility index (Phi) is 2.44. The van der Waals surface area contributed by atoms with Gasteiger partial charge in [-0.15, -0.1) is 0 Å². The number of hydrogen-bond donors (Lipinski definition) is 0. The number of benzene rings is 1. The molecule has 2 aliphatic heterocycles. The average Bonchev–Trinajstić information content (AvgIpc) is 2.85. The van der Waals surface area contributed by atoms with Gasteiger partial charge in [-0.1, -0.05) is 18.2 Å². The van der Waals surface area contributed by atoms with E-state index in [1.54, 1.807) is 0 Å². The molecule has 0 saturated carbocycles. The third kappa shape index (κ3) is 1.57. The minimum Gasteiger partial charge on any atom is -0.337 e. The normalized spacial score (nSPS) is 32.0. The quantitative estimate of drug-likeness (QED) is 0.679. The molecule has 1 saturated heterocycles. The number of rotatable bonds is 0. The van der Waals surface area contributed by atoms with Gasteiger partial charge in [-0.3, -0.25) is 9.69 Å². The predicted molar refractivity (Wildman–Crippen MR) is 66.9 cm³/mol. The fourth-order valence-corrected chi connectivity index (χ4v) is 3.04. The topological polar surface area (TPSA) is 23.6 Å². The summed E-state index contributed by atoms with van der Waals surface area (Å²) in [6.45, 7) is 4.31. The average molecular weight is 230 g/mol. The minimum atomic E-state index is 0.180. The van der Waals surface area contributed by atoms with E-state index in [0.717, 1.165) is 25.1 Å². The molecule has 0 N–H and O–H groups in total. The first-order valence-corrected chi connectivity index (χ1v) is 6.28. The Morgan fingerprint density at radius 1 is 1.29 bits per heavy atom. The molecule has 2 aliphatic rings. The van der Waals surface area contributed by atoms with Crippen molar-refractivity contribution in [3.05, 3.63) is 35.4 Å². The van der Waals surface area contributed by atoms with Crippen LogP contribution in [0.15, 0.2) is 24.3 Å². The zero-order chi connectivity index (χ0) is 12.0. The van der Waals surface area contributed by atoms with E-state index >= 15 is 0 Å². The van der Waals surface area contributed by atoms with Gasteiger partial charge in [0.25, 0.3) is 5.91 Å². The fourth-order valence-electron chi connectivity index (χ4n) is 3.04. The summed E-state index contributed by atoms with van der Waals surface area (Å²) in [7, 11) is 1.93. The second-order valence-electron chi connectivity index (χ2n) is 5.12. The van der Waals surface area contributed by atoms with Crippen LogP contribution in [-0.2, 0) is 0 Å². The summed E-state index contributed by atoms with van der Waals surface area (Å²) in [5.74, 6) is 0.180. The van der Waals surface area contributed by atoms with Crippen molar-refractivity contribution < 1.29 is 4.79 Å². The first kappa shape index (κ1) is 10.8. The molecule has 3 rings (SSSR count). The zero-order valence-corrected chi connectivity index (χ0v) is 10.4. The van der Waals surface area contributed by atoms with Crippen LogP contribution < -0.4 is 0 Å². The summed E-state index contributed by atoms with van der Waals surface area (Å²) in [4.78, 5) is 16.8. The number of hydrogen-bond acceptors (Lipinski definition) is 2. The van der Waals surface area contributed by atoms with Crippen LogP contribution in [0.4, 0.5) is 0 Å². The van der Waals surface area contributed by atoms with Crippen molar-refractivity contribution >= 4 is 5.91 Å². The van der Waals surface area contributed by atoms with E-state index < -0.39 is 0 Å². The molecule has 0 radical (unpaired) electrons. The monoisotopic (exact) mass is 230 g/mol. The van der Waals surface area contributed by atoms with Gasteiger partial charge in [-0.05, 0) is 25.0 Å². The first-order chi connectivity index (χ1) is 8.18. The molecule has 90 valence electrons. The van der Waals surface area contributed by atoms with E-state index in [2.05, 4.69) is 17.9 Å². The van der Waals surface area contributed by atoms with Crippen LogP contribution in [0.5, 0.6) is 0 Å². The molecule has 2 unspecified atom stereocenters. The van der Waals surface area contributed by atoms with Crippen molar-refractivity contribution in [1.29, 1.82) is 0 Å². The van der Waals surface area contributed by atoms with Gasteiger partial charge in [0.2, 0.25) is 0 Å². The van der Waals surface area contributed by atoms with Gasteiger partial charge in [-0.2, -0.15) is 0 Å². The molecule has 2 bridgehead atoms. The van der Waals surface area contributed by atoms with Crippen LogP contribution in [0.2, 0.25) is 0 Å². The van der Waals surface area contributed by atoms with Crippen molar-refractivity contribution in [2.45, 2.75) is 25.4 Å². The fraction of sp³-hybridized carbons (Fsp3) is 0.500. The van der Waals surface area contributed by atoms with Crippen LogP contribution in [-0.4, -0.2) is 41.9 Å². The van der Waals surface area contributed by atoms with E-state index in [4.69, 9.17) is 0 Å². The van der Waals surface area contributed by atoms with E-state index in [-0.39, 0.29) is 5.91 Å². The highest BCUT2D eigenvalue weighted by Gasteiger charge is 2.35. The van der Waals surface area contributed by atoms with Crippen LogP contribution in [0.25, 0.3) is 0 Å². The highest BCUT2D eigenvalue weighted by atomic mass is 16.2. The summed E-state index contributed by atoms with van der Waals surface area (Å²) in [5, 5.41) is 0. The maximum Gasteiger partial charge on any atom is 0.254 e. The Labute approximate surface area is 102 Å². The first-order valence-electron chi connectivity index (χ1n) is 6.28. The molecule has 0 aromatic heterocycles. The zero-order valence-electron chi connectivity index (χ0n) is 10.4. The van der Waals surface area contributed by atoms with Gasteiger partial charge in [0.15, 0.2) is 0 Å². The molecule has 1 fully saturated rings. The lowest BCUT2D eigenvalue weighted by atomic mass is 9.98. The molecule has 3 atom stereocenters. The largest absolute Gasteiger partial charge is 0.337 e. The second-order valence-corrected chi connectivity index (χ2v) is 5.12. The number of amides is 1. The molecule has 0 spiro atoms. The predicted octanol–water partition coefficient (Wildman–Crippen LogP) is 1.91. The maximum atomic E-state index is 12.4. The summed E-state index contributed by atoms with van der Waals surface area (Å²) in [6.07, 6.45) is 1.10. The van der Waals surface area contributed by atoms with E-state index in [9.17, 15) is 4.79 Å². The van der Waals surface area contributed by atoms with E-state index in [1.807, 2.05) is 30.1 Å². The number of fused-ring (bicyclic) bond motifs is 3. The maximum absolute atomic E-state index is 12.4. The van der Waals surface area contributed by atoms with Crippen molar-refractivity contribution in [1.82, 2.24) is 9.80 Å². The van der Waals surface area contributed by atoms with E-state index in [1.165, 1.54) is 5.56 Å². The van der Waals surface area contributed by atoms with Crippen molar-refractivity contribution in [2.24, 2.45) is 0 Å². The Hall–Kier alpha value is -1.35. The standard InChI is InChI=1S/C14H18N2O/c1-10-12-5-3-4-6-13(12)14(17)15(2)11-7-8-16(10)9-11/h3-6,10-11H,7-9H2,1-2H3/t10?,11-/m0/s1. The Balaban J connectivity index is 2.13. The molecule has 1 aromatic rings. The molecular weight excluding hydrogens is 212 g/mol. The van der Waals surface area contributed by atoms with Crippen molar-refractivity contribution in [3.63, 3.8) is 0 Å². The molecule has 1 aromatic carbocycles. The Morgan fingerprint density at radius 3 is 2.88 bits per heavy atom. The number of likely N-dealkylation sites (N-methyl/N-ethyl adjacent to an activating group) is 1. The highest BCUT2D eigenvalue weighted by Crippen LogP contribution is 2.32. The molecule has 0 aliphatic carbocycles. The summed E-state index contributed by atoms with van der Waals surface area (Å²) in [6, 6.07) is 8.77. The van der Waals surface area contributed by atoms with Gasteiger partial charge in [0.1, 0.15) is 0 Å². The number of carbonyl (C=O) groups is 1. The molecule has 3 nitrogen and oxygen atoms in total. The van der Waals surface area contributed by atoms with Crippen molar-refractivity contribution in [3.8, 4) is 0 Å². The second kappa shape index (κ2) is 3.84. The SMILES string of the molecule is CC1c2ccccc2C(=O)N(C)[C@H]2CCN1C2. The van der Waals surface area contributed by atoms with Gasteiger partial charge < -0.3 is 4.90 Å². The minimum absolute atomic E-state index is 0.180. The third-order valence-corrected chi connectivity index (χ3v) is 4.25. The summed E-state index contributed by atoms with van der Waals surface area (Å²) in [5.41, 5.74) is 2.05. The van der Waals surface area contributed by atoms with Gasteiger partial charge in [0, 0.05) is 37.8 Å². The lowest BCUT2D eigenvalue weighted by molar-refractivity contribution is 0.0715. The van der Waals surface area contributed by atoms with E-state index in [0.29, 0.717) is 12.1 Å². The highest BCUT2D eigenvalue weighted by molar-refractivity contribution is 5.96. The summed E-state index contributed by atoms with van der Waals surface area (Å²) >= 11 is 0. The van der Waals surface area contributed by atoms with Crippen LogP contribution in [0.3, 0.4) is 0 Å². The third-order valence-electron chi connectivity index (χ3n) is 4.25. The van der Waals surface area contributed by atoms with Crippen LogP contribution >= 0.6 is 0 Å². The smallest absolute Gasteiger partial charge is 0.254 e. The van der Waals surface area contributed by atoms with Gasteiger partial charge in [-0.25, -0.2) is 0 Å². The van der Waals surface area contributed by atoms with Crippen molar-refractivity contribution in [2.75, 3.05) is 20.1 Å². The Bertz CT molecular complexity index is 457. The lowest BCUT2D eigenvalue weighted by Gasteiger charge is -2.32.